The molecule has 2 heterocycles. The molecule has 1 amide bonds. The van der Waals surface area contributed by atoms with E-state index in [9.17, 15) is 9.90 Å². The fourth-order valence-electron chi connectivity index (χ4n) is 2.66. The molecule has 1 aliphatic heterocycles. The van der Waals surface area contributed by atoms with E-state index in [0.29, 0.717) is 12.5 Å². The number of rotatable bonds is 3. The summed E-state index contributed by atoms with van der Waals surface area (Å²) in [4.78, 5) is 18.1. The van der Waals surface area contributed by atoms with E-state index in [1.165, 1.54) is 0 Å². The van der Waals surface area contributed by atoms with Gasteiger partial charge in [0.05, 0.1) is 18.6 Å². The summed E-state index contributed by atoms with van der Waals surface area (Å²) < 4.78 is 1.97. The molecule has 0 radical (unpaired) electrons. The number of carbonyl (C=O) groups is 1. The number of aliphatic hydroxyl groups is 1. The first-order chi connectivity index (χ1) is 8.16. The number of carbonyl (C=O) groups excluding carboxylic acids is 1. The fourth-order valence-corrected chi connectivity index (χ4v) is 2.66. The molecule has 1 N–H and O–H groups in total. The van der Waals surface area contributed by atoms with Crippen LogP contribution in [0.4, 0.5) is 0 Å². The molecule has 1 aromatic rings. The SMILES string of the molecule is Cn1ccnc1C(C1CC1)N1CC(O)CC1=O. The van der Waals surface area contributed by atoms with E-state index in [2.05, 4.69) is 4.98 Å². The minimum atomic E-state index is -0.510. The monoisotopic (exact) mass is 235 g/mol. The highest BCUT2D eigenvalue weighted by Crippen LogP contribution is 2.45. The summed E-state index contributed by atoms with van der Waals surface area (Å²) >= 11 is 0. The summed E-state index contributed by atoms with van der Waals surface area (Å²) in [7, 11) is 1.95. The van der Waals surface area contributed by atoms with Crippen LogP contribution in [0, 0.1) is 5.92 Å². The molecule has 0 bridgehead atoms. The van der Waals surface area contributed by atoms with Crippen LogP contribution >= 0.6 is 0 Å². The third kappa shape index (κ3) is 1.84. The van der Waals surface area contributed by atoms with Gasteiger partial charge in [-0.3, -0.25) is 4.79 Å². The number of amides is 1. The number of likely N-dealkylation sites (tertiary alicyclic amines) is 1. The molecule has 2 aliphatic rings. The maximum atomic E-state index is 11.9. The summed E-state index contributed by atoms with van der Waals surface area (Å²) in [6.45, 7) is 0.451. The van der Waals surface area contributed by atoms with Gasteiger partial charge in [-0.25, -0.2) is 4.98 Å². The summed E-state index contributed by atoms with van der Waals surface area (Å²) in [5.74, 6) is 1.51. The quantitative estimate of drug-likeness (QED) is 0.828. The molecule has 1 saturated carbocycles. The largest absolute Gasteiger partial charge is 0.391 e. The second-order valence-corrected chi connectivity index (χ2v) is 5.08. The van der Waals surface area contributed by atoms with E-state index in [-0.39, 0.29) is 18.4 Å². The van der Waals surface area contributed by atoms with Gasteiger partial charge in [-0.15, -0.1) is 0 Å². The van der Waals surface area contributed by atoms with Crippen LogP contribution in [0.5, 0.6) is 0 Å². The Morgan fingerprint density at radius 3 is 2.76 bits per heavy atom. The van der Waals surface area contributed by atoms with E-state index >= 15 is 0 Å². The highest BCUT2D eigenvalue weighted by atomic mass is 16.3. The number of nitrogens with zero attached hydrogens (tertiary/aromatic N) is 3. The minimum absolute atomic E-state index is 0.0531. The van der Waals surface area contributed by atoms with Crippen LogP contribution in [0.2, 0.25) is 0 Å². The third-order valence-corrected chi connectivity index (χ3v) is 3.67. The number of β-amino-alcohol motifs (C(OH)–C–C–N with tert-alkyl or cyclic N) is 1. The van der Waals surface area contributed by atoms with Crippen molar-refractivity contribution >= 4 is 5.91 Å². The lowest BCUT2D eigenvalue weighted by molar-refractivity contribution is -0.130. The Bertz CT molecular complexity index is 439. The lowest BCUT2D eigenvalue weighted by Gasteiger charge is -2.27. The molecule has 1 aromatic heterocycles. The predicted octanol–water partition coefficient (Wildman–Crippen LogP) is 0.464. The number of aliphatic hydroxyl groups excluding tert-OH is 1. The van der Waals surface area contributed by atoms with Gasteiger partial charge in [0.1, 0.15) is 5.82 Å². The van der Waals surface area contributed by atoms with Crippen molar-refractivity contribution < 1.29 is 9.90 Å². The molecule has 3 rings (SSSR count). The maximum absolute atomic E-state index is 11.9. The van der Waals surface area contributed by atoms with Gasteiger partial charge in [0.15, 0.2) is 0 Å². The fraction of sp³-hybridized carbons (Fsp3) is 0.667. The number of imidazole rings is 1. The van der Waals surface area contributed by atoms with Crippen molar-refractivity contribution in [1.82, 2.24) is 14.5 Å². The smallest absolute Gasteiger partial charge is 0.225 e. The van der Waals surface area contributed by atoms with E-state index < -0.39 is 6.10 Å². The van der Waals surface area contributed by atoms with Crippen LogP contribution in [-0.2, 0) is 11.8 Å². The Hall–Kier alpha value is -1.36. The summed E-state index contributed by atoms with van der Waals surface area (Å²) in [6, 6.07) is 0.0552. The maximum Gasteiger partial charge on any atom is 0.225 e. The van der Waals surface area contributed by atoms with Gasteiger partial charge in [-0.1, -0.05) is 0 Å². The zero-order chi connectivity index (χ0) is 12.0. The van der Waals surface area contributed by atoms with Crippen molar-refractivity contribution in [2.75, 3.05) is 6.54 Å². The first-order valence-corrected chi connectivity index (χ1v) is 6.11. The molecular formula is C12H17N3O2. The zero-order valence-electron chi connectivity index (χ0n) is 9.91. The average Bonchev–Trinajstić information content (AvgIpc) is 2.93. The summed E-state index contributed by atoms with van der Waals surface area (Å²) in [6.07, 6.45) is 5.72. The minimum Gasteiger partial charge on any atom is -0.391 e. The predicted molar refractivity (Wildman–Crippen MR) is 61.0 cm³/mol. The van der Waals surface area contributed by atoms with Gasteiger partial charge in [0.25, 0.3) is 0 Å². The Labute approximate surface area is 100 Å². The molecule has 0 aromatic carbocycles. The van der Waals surface area contributed by atoms with Crippen LogP contribution < -0.4 is 0 Å². The Morgan fingerprint density at radius 2 is 2.29 bits per heavy atom. The molecule has 0 spiro atoms. The molecule has 2 unspecified atom stereocenters. The van der Waals surface area contributed by atoms with Crippen LogP contribution in [0.15, 0.2) is 12.4 Å². The highest BCUT2D eigenvalue weighted by molar-refractivity contribution is 5.79. The van der Waals surface area contributed by atoms with Crippen LogP contribution in [0.25, 0.3) is 0 Å². The Kier molecular flexibility index (Phi) is 2.43. The Morgan fingerprint density at radius 1 is 1.53 bits per heavy atom. The first kappa shape index (κ1) is 10.8. The Balaban J connectivity index is 1.91. The van der Waals surface area contributed by atoms with Crippen LogP contribution in [0.3, 0.4) is 0 Å². The summed E-state index contributed by atoms with van der Waals surface area (Å²) in [5.41, 5.74) is 0. The van der Waals surface area contributed by atoms with E-state index in [0.717, 1.165) is 18.7 Å². The lowest BCUT2D eigenvalue weighted by Crippen LogP contribution is -2.33. The van der Waals surface area contributed by atoms with Gasteiger partial charge in [0, 0.05) is 26.0 Å². The molecule has 2 atom stereocenters. The second kappa shape index (κ2) is 3.84. The highest BCUT2D eigenvalue weighted by Gasteiger charge is 2.43. The molecule has 5 nitrogen and oxygen atoms in total. The lowest BCUT2D eigenvalue weighted by atomic mass is 10.1. The van der Waals surface area contributed by atoms with Crippen molar-refractivity contribution in [2.24, 2.45) is 13.0 Å². The third-order valence-electron chi connectivity index (χ3n) is 3.67. The van der Waals surface area contributed by atoms with Gasteiger partial charge in [0.2, 0.25) is 5.91 Å². The van der Waals surface area contributed by atoms with E-state index in [4.69, 9.17) is 0 Å². The normalized spacial score (nSPS) is 26.6. The molecule has 1 saturated heterocycles. The average molecular weight is 235 g/mol. The van der Waals surface area contributed by atoms with E-state index in [1.807, 2.05) is 22.7 Å². The number of hydrogen-bond donors (Lipinski definition) is 1. The van der Waals surface area contributed by atoms with Crippen molar-refractivity contribution in [3.05, 3.63) is 18.2 Å². The van der Waals surface area contributed by atoms with Crippen LogP contribution in [0.1, 0.15) is 31.1 Å². The number of aryl methyl sites for hydroxylation is 1. The molecule has 1 aliphatic carbocycles. The summed E-state index contributed by atoms with van der Waals surface area (Å²) in [5, 5.41) is 9.60. The molecule has 17 heavy (non-hydrogen) atoms. The van der Waals surface area contributed by atoms with Crippen molar-refractivity contribution in [2.45, 2.75) is 31.4 Å². The van der Waals surface area contributed by atoms with Crippen molar-refractivity contribution in [3.8, 4) is 0 Å². The second-order valence-electron chi connectivity index (χ2n) is 5.08. The molecular weight excluding hydrogens is 218 g/mol. The van der Waals surface area contributed by atoms with Crippen LogP contribution in [-0.4, -0.2) is 38.1 Å². The molecule has 2 fully saturated rings. The van der Waals surface area contributed by atoms with Crippen molar-refractivity contribution in [1.29, 1.82) is 0 Å². The molecule has 5 heteroatoms. The van der Waals surface area contributed by atoms with E-state index in [1.54, 1.807) is 6.20 Å². The van der Waals surface area contributed by atoms with Gasteiger partial charge < -0.3 is 14.6 Å². The number of hydrogen-bond acceptors (Lipinski definition) is 3. The van der Waals surface area contributed by atoms with Crippen molar-refractivity contribution in [3.63, 3.8) is 0 Å². The standard InChI is InChI=1S/C12H17N3O2/c1-14-5-4-13-12(14)11(8-2-3-8)15-7-9(16)6-10(15)17/h4-5,8-9,11,16H,2-3,6-7H2,1H3. The molecule has 92 valence electrons. The van der Waals surface area contributed by atoms with Gasteiger partial charge >= 0.3 is 0 Å². The van der Waals surface area contributed by atoms with Gasteiger partial charge in [-0.2, -0.15) is 0 Å². The zero-order valence-corrected chi connectivity index (χ0v) is 9.91. The first-order valence-electron chi connectivity index (χ1n) is 6.11. The van der Waals surface area contributed by atoms with Gasteiger partial charge in [-0.05, 0) is 18.8 Å². The number of aromatic nitrogens is 2. The topological polar surface area (TPSA) is 58.4 Å².